The molecular weight excluding hydrogens is 290 g/mol. The summed E-state index contributed by atoms with van der Waals surface area (Å²) in [5.41, 5.74) is 6.86. The number of carbonyl (C=O) groups is 1. The SMILES string of the molecule is C=CCC(C(=O)O)(c1ccc(C2(N)COC2)cc1)C1CCCC1. The monoisotopic (exact) mass is 315 g/mol. The molecule has 2 fully saturated rings. The molecule has 3 N–H and O–H groups in total. The Hall–Kier alpha value is -1.65. The summed E-state index contributed by atoms with van der Waals surface area (Å²) in [7, 11) is 0. The Kier molecular flexibility index (Phi) is 4.30. The fourth-order valence-corrected chi connectivity index (χ4v) is 4.14. The summed E-state index contributed by atoms with van der Waals surface area (Å²) in [5, 5.41) is 10.1. The molecule has 0 amide bonds. The van der Waals surface area contributed by atoms with Crippen molar-refractivity contribution in [3.63, 3.8) is 0 Å². The lowest BCUT2D eigenvalue weighted by Crippen LogP contribution is -2.54. The van der Waals surface area contributed by atoms with Crippen LogP contribution in [0.15, 0.2) is 36.9 Å². The Balaban J connectivity index is 1.98. The van der Waals surface area contributed by atoms with Gasteiger partial charge in [0, 0.05) is 0 Å². The third kappa shape index (κ3) is 2.60. The Morgan fingerprint density at radius 2 is 1.96 bits per heavy atom. The van der Waals surface area contributed by atoms with Crippen LogP contribution in [-0.2, 0) is 20.5 Å². The molecular formula is C19H25NO3. The maximum absolute atomic E-state index is 12.3. The van der Waals surface area contributed by atoms with Gasteiger partial charge in [-0.05, 0) is 36.3 Å². The second-order valence-electron chi connectivity index (χ2n) is 6.98. The molecule has 0 aromatic heterocycles. The van der Waals surface area contributed by atoms with E-state index in [1.807, 2.05) is 24.3 Å². The van der Waals surface area contributed by atoms with Crippen molar-refractivity contribution in [1.29, 1.82) is 0 Å². The molecule has 1 saturated carbocycles. The molecule has 1 aliphatic carbocycles. The fraction of sp³-hybridized carbons (Fsp3) is 0.526. The summed E-state index contributed by atoms with van der Waals surface area (Å²) >= 11 is 0. The molecule has 0 spiro atoms. The number of hydrogen-bond acceptors (Lipinski definition) is 3. The van der Waals surface area contributed by atoms with Crippen LogP contribution in [0.25, 0.3) is 0 Å². The lowest BCUT2D eigenvalue weighted by atomic mass is 9.67. The number of benzene rings is 1. The van der Waals surface area contributed by atoms with Crippen molar-refractivity contribution < 1.29 is 14.6 Å². The zero-order valence-electron chi connectivity index (χ0n) is 13.5. The minimum Gasteiger partial charge on any atom is -0.481 e. The zero-order valence-corrected chi connectivity index (χ0v) is 13.5. The predicted molar refractivity (Wildman–Crippen MR) is 89.2 cm³/mol. The normalized spacial score (nSPS) is 23.0. The van der Waals surface area contributed by atoms with Crippen molar-refractivity contribution in [1.82, 2.24) is 0 Å². The average Bonchev–Trinajstić information content (AvgIpc) is 3.05. The molecule has 2 aliphatic rings. The smallest absolute Gasteiger partial charge is 0.314 e. The number of aliphatic carboxylic acids is 1. The predicted octanol–water partition coefficient (Wildman–Crippen LogP) is 2.96. The summed E-state index contributed by atoms with van der Waals surface area (Å²) in [6.45, 7) is 4.84. The molecule has 1 heterocycles. The summed E-state index contributed by atoms with van der Waals surface area (Å²) in [4.78, 5) is 12.3. The number of allylic oxidation sites excluding steroid dienone is 1. The molecule has 1 atom stereocenters. The van der Waals surface area contributed by atoms with Crippen molar-refractivity contribution in [3.8, 4) is 0 Å². The van der Waals surface area contributed by atoms with E-state index >= 15 is 0 Å². The fourth-order valence-electron chi connectivity index (χ4n) is 4.14. The highest BCUT2D eigenvalue weighted by atomic mass is 16.5. The Bertz CT molecular complexity index is 585. The molecule has 124 valence electrons. The quantitative estimate of drug-likeness (QED) is 0.792. The van der Waals surface area contributed by atoms with E-state index in [2.05, 4.69) is 6.58 Å². The number of carboxylic acid groups (broad SMARTS) is 1. The van der Waals surface area contributed by atoms with Crippen molar-refractivity contribution in [2.45, 2.75) is 43.1 Å². The molecule has 3 rings (SSSR count). The van der Waals surface area contributed by atoms with Gasteiger partial charge in [0.1, 0.15) is 0 Å². The highest BCUT2D eigenvalue weighted by Gasteiger charge is 2.47. The number of nitrogens with two attached hydrogens (primary N) is 1. The lowest BCUT2D eigenvalue weighted by Gasteiger charge is -2.39. The average molecular weight is 315 g/mol. The van der Waals surface area contributed by atoms with E-state index in [-0.39, 0.29) is 5.92 Å². The number of hydrogen-bond donors (Lipinski definition) is 2. The molecule has 1 unspecified atom stereocenters. The van der Waals surface area contributed by atoms with Gasteiger partial charge in [-0.25, -0.2) is 0 Å². The van der Waals surface area contributed by atoms with Crippen LogP contribution in [0.1, 0.15) is 43.2 Å². The topological polar surface area (TPSA) is 72.5 Å². The van der Waals surface area contributed by atoms with Gasteiger partial charge in [0.15, 0.2) is 0 Å². The van der Waals surface area contributed by atoms with Crippen LogP contribution in [0, 0.1) is 5.92 Å². The number of carboxylic acids is 1. The first-order valence-electron chi connectivity index (χ1n) is 8.35. The first-order valence-corrected chi connectivity index (χ1v) is 8.35. The molecule has 23 heavy (non-hydrogen) atoms. The van der Waals surface area contributed by atoms with E-state index in [0.29, 0.717) is 19.6 Å². The van der Waals surface area contributed by atoms with Crippen LogP contribution in [0.2, 0.25) is 0 Å². The van der Waals surface area contributed by atoms with Crippen LogP contribution in [0.4, 0.5) is 0 Å². The van der Waals surface area contributed by atoms with Gasteiger partial charge in [0.25, 0.3) is 0 Å². The van der Waals surface area contributed by atoms with Crippen LogP contribution < -0.4 is 5.73 Å². The molecule has 0 bridgehead atoms. The van der Waals surface area contributed by atoms with Gasteiger partial charge < -0.3 is 15.6 Å². The summed E-state index contributed by atoms with van der Waals surface area (Å²) in [6, 6.07) is 7.82. The van der Waals surface area contributed by atoms with Crippen molar-refractivity contribution in [3.05, 3.63) is 48.0 Å². The number of rotatable bonds is 6. The summed E-state index contributed by atoms with van der Waals surface area (Å²) in [5.74, 6) is -0.575. The van der Waals surface area contributed by atoms with Crippen molar-refractivity contribution >= 4 is 5.97 Å². The summed E-state index contributed by atoms with van der Waals surface area (Å²) < 4.78 is 5.22. The van der Waals surface area contributed by atoms with E-state index in [9.17, 15) is 9.90 Å². The Labute approximate surface area is 137 Å². The molecule has 1 aliphatic heterocycles. The largest absolute Gasteiger partial charge is 0.481 e. The van der Waals surface area contributed by atoms with Crippen molar-refractivity contribution in [2.75, 3.05) is 13.2 Å². The van der Waals surface area contributed by atoms with Gasteiger partial charge in [0.2, 0.25) is 0 Å². The highest BCUT2D eigenvalue weighted by molar-refractivity contribution is 5.82. The van der Waals surface area contributed by atoms with Gasteiger partial charge >= 0.3 is 5.97 Å². The van der Waals surface area contributed by atoms with Gasteiger partial charge in [-0.3, -0.25) is 4.79 Å². The van der Waals surface area contributed by atoms with E-state index in [1.54, 1.807) is 6.08 Å². The Morgan fingerprint density at radius 1 is 1.35 bits per heavy atom. The second kappa shape index (κ2) is 6.10. The Morgan fingerprint density at radius 3 is 2.39 bits per heavy atom. The van der Waals surface area contributed by atoms with Crippen LogP contribution >= 0.6 is 0 Å². The minimum absolute atomic E-state index is 0.169. The van der Waals surface area contributed by atoms with E-state index in [1.165, 1.54) is 0 Å². The van der Waals surface area contributed by atoms with Gasteiger partial charge in [-0.1, -0.05) is 43.2 Å². The minimum atomic E-state index is -0.866. The van der Waals surface area contributed by atoms with E-state index in [4.69, 9.17) is 10.5 Å². The van der Waals surface area contributed by atoms with Crippen LogP contribution in [0.3, 0.4) is 0 Å². The number of ether oxygens (including phenoxy) is 1. The second-order valence-corrected chi connectivity index (χ2v) is 6.98. The van der Waals surface area contributed by atoms with Crippen LogP contribution in [0.5, 0.6) is 0 Å². The first-order chi connectivity index (χ1) is 11.0. The maximum Gasteiger partial charge on any atom is 0.314 e. The van der Waals surface area contributed by atoms with E-state index in [0.717, 1.165) is 36.8 Å². The van der Waals surface area contributed by atoms with Crippen LogP contribution in [-0.4, -0.2) is 24.3 Å². The first kappa shape index (κ1) is 16.2. The van der Waals surface area contributed by atoms with Gasteiger partial charge in [0.05, 0.1) is 24.2 Å². The van der Waals surface area contributed by atoms with Gasteiger partial charge in [-0.2, -0.15) is 0 Å². The third-order valence-corrected chi connectivity index (χ3v) is 5.59. The molecule has 1 aromatic rings. The van der Waals surface area contributed by atoms with Gasteiger partial charge in [-0.15, -0.1) is 6.58 Å². The molecule has 4 nitrogen and oxygen atoms in total. The third-order valence-electron chi connectivity index (χ3n) is 5.59. The standard InChI is InChI=1S/C19H25NO3/c1-2-11-19(17(21)22,15-5-3-4-6-15)16-9-7-14(8-10-16)18(20)12-23-13-18/h2,7-10,15H,1,3-6,11-13,20H2,(H,21,22). The molecule has 0 radical (unpaired) electrons. The molecule has 4 heteroatoms. The zero-order chi connectivity index (χ0) is 16.5. The molecule has 1 aromatic carbocycles. The maximum atomic E-state index is 12.3. The summed E-state index contributed by atoms with van der Waals surface area (Å²) in [6.07, 6.45) is 6.36. The van der Waals surface area contributed by atoms with Crippen molar-refractivity contribution in [2.24, 2.45) is 11.7 Å². The molecule has 1 saturated heterocycles. The highest BCUT2D eigenvalue weighted by Crippen LogP contribution is 2.45. The van der Waals surface area contributed by atoms with E-state index < -0.39 is 16.9 Å². The lowest BCUT2D eigenvalue weighted by molar-refractivity contribution is -0.146.